The molecule has 1 aromatic rings. The number of nitrogens with zero attached hydrogens (tertiary/aromatic N) is 1. The molecule has 0 aromatic carbocycles. The van der Waals surface area contributed by atoms with Gasteiger partial charge >= 0.3 is 0 Å². The van der Waals surface area contributed by atoms with Gasteiger partial charge in [-0.2, -0.15) is 0 Å². The summed E-state index contributed by atoms with van der Waals surface area (Å²) in [4.78, 5) is 1.10. The Morgan fingerprint density at radius 1 is 1.77 bits per heavy atom. The zero-order chi connectivity index (χ0) is 9.68. The Kier molecular flexibility index (Phi) is 3.70. The molecule has 0 aliphatic rings. The molecule has 5 heteroatoms. The highest BCUT2D eigenvalue weighted by atomic mass is 32.2. The van der Waals surface area contributed by atoms with E-state index in [0.29, 0.717) is 6.42 Å². The molecule has 13 heavy (non-hydrogen) atoms. The molecule has 0 radical (unpaired) electrons. The van der Waals surface area contributed by atoms with Crippen LogP contribution in [0.5, 0.6) is 0 Å². The quantitative estimate of drug-likeness (QED) is 0.256. The molecule has 0 amide bonds. The maximum atomic E-state index is 8.28. The third-order valence-corrected chi connectivity index (χ3v) is 2.70. The van der Waals surface area contributed by atoms with E-state index in [4.69, 9.17) is 15.4 Å². The van der Waals surface area contributed by atoms with Crippen molar-refractivity contribution in [2.24, 2.45) is 10.9 Å². The zero-order valence-electron chi connectivity index (χ0n) is 7.36. The van der Waals surface area contributed by atoms with Crippen molar-refractivity contribution in [1.29, 1.82) is 0 Å². The van der Waals surface area contributed by atoms with Crippen molar-refractivity contribution in [3.05, 3.63) is 18.1 Å². The van der Waals surface area contributed by atoms with Crippen molar-refractivity contribution >= 4 is 17.6 Å². The van der Waals surface area contributed by atoms with Gasteiger partial charge in [0, 0.05) is 17.1 Å². The molecule has 0 saturated heterocycles. The van der Waals surface area contributed by atoms with Gasteiger partial charge in [0.05, 0.1) is 6.26 Å². The smallest absolute Gasteiger partial charge is 0.139 e. The summed E-state index contributed by atoms with van der Waals surface area (Å²) in [5, 5.41) is 11.2. The maximum Gasteiger partial charge on any atom is 0.139 e. The lowest BCUT2D eigenvalue weighted by Crippen LogP contribution is -2.11. The molecule has 72 valence electrons. The Morgan fingerprint density at radius 2 is 2.54 bits per heavy atom. The van der Waals surface area contributed by atoms with Gasteiger partial charge in [-0.15, -0.1) is 11.8 Å². The fourth-order valence-electron chi connectivity index (χ4n) is 0.839. The summed E-state index contributed by atoms with van der Waals surface area (Å²) in [6.45, 7) is 1.91. The number of thioether (sulfide) groups is 1. The number of aryl methyl sites for hydroxylation is 1. The maximum absolute atomic E-state index is 8.28. The van der Waals surface area contributed by atoms with Crippen LogP contribution in [0.4, 0.5) is 0 Å². The van der Waals surface area contributed by atoms with E-state index < -0.39 is 0 Å². The molecule has 0 spiro atoms. The predicted octanol–water partition coefficient (Wildman–Crippen LogP) is 1.82. The molecule has 3 N–H and O–H groups in total. The second kappa shape index (κ2) is 4.81. The molecule has 0 bridgehead atoms. The van der Waals surface area contributed by atoms with Gasteiger partial charge in [-0.3, -0.25) is 0 Å². The highest BCUT2D eigenvalue weighted by molar-refractivity contribution is 7.99. The molecule has 0 unspecified atom stereocenters. The first-order chi connectivity index (χ1) is 6.24. The average molecular weight is 200 g/mol. The van der Waals surface area contributed by atoms with Crippen LogP contribution in [0, 0.1) is 6.92 Å². The van der Waals surface area contributed by atoms with Crippen LogP contribution in [0.15, 0.2) is 26.8 Å². The molecule has 1 heterocycles. The van der Waals surface area contributed by atoms with Crippen LogP contribution >= 0.6 is 11.8 Å². The molecule has 0 atom stereocenters. The van der Waals surface area contributed by atoms with Crippen molar-refractivity contribution in [3.8, 4) is 0 Å². The summed E-state index contributed by atoms with van der Waals surface area (Å²) in [6.07, 6.45) is 2.23. The van der Waals surface area contributed by atoms with Gasteiger partial charge in [0.15, 0.2) is 0 Å². The van der Waals surface area contributed by atoms with E-state index >= 15 is 0 Å². The zero-order valence-corrected chi connectivity index (χ0v) is 8.17. The normalized spacial score (nSPS) is 11.9. The number of rotatable bonds is 4. The van der Waals surface area contributed by atoms with Crippen LogP contribution in [-0.4, -0.2) is 16.8 Å². The summed E-state index contributed by atoms with van der Waals surface area (Å²) in [5.41, 5.74) is 5.31. The summed E-state index contributed by atoms with van der Waals surface area (Å²) in [5.74, 6) is 1.95. The molecule has 1 rings (SSSR count). The number of furan rings is 1. The van der Waals surface area contributed by atoms with Gasteiger partial charge in [-0.05, 0) is 13.0 Å². The Bertz CT molecular complexity index is 296. The van der Waals surface area contributed by atoms with Gasteiger partial charge < -0.3 is 15.4 Å². The Hall–Kier alpha value is -1.10. The molecule has 0 fully saturated rings. The number of oxime groups is 1. The second-order valence-corrected chi connectivity index (χ2v) is 3.67. The highest BCUT2D eigenvalue weighted by Gasteiger charge is 2.01. The Labute approximate surface area is 80.8 Å². The van der Waals surface area contributed by atoms with Gasteiger partial charge in [-0.25, -0.2) is 0 Å². The Balaban J connectivity index is 2.32. The lowest BCUT2D eigenvalue weighted by molar-refractivity contribution is 0.317. The molecule has 1 aromatic heterocycles. The van der Waals surface area contributed by atoms with Crippen molar-refractivity contribution in [2.75, 3.05) is 5.75 Å². The number of hydrogen-bond acceptors (Lipinski definition) is 4. The van der Waals surface area contributed by atoms with Gasteiger partial charge in [-0.1, -0.05) is 5.16 Å². The number of nitrogens with two attached hydrogens (primary N) is 1. The molecular formula is C8H12N2O2S. The lowest BCUT2D eigenvalue weighted by Gasteiger charge is -1.98. The van der Waals surface area contributed by atoms with Gasteiger partial charge in [0.1, 0.15) is 11.6 Å². The Morgan fingerprint density at radius 3 is 3.08 bits per heavy atom. The second-order valence-electron chi connectivity index (χ2n) is 2.53. The molecule has 4 nitrogen and oxygen atoms in total. The third-order valence-electron chi connectivity index (χ3n) is 1.56. The largest absolute Gasteiger partial charge is 0.468 e. The lowest BCUT2D eigenvalue weighted by atomic mass is 10.5. The van der Waals surface area contributed by atoms with Crippen LogP contribution in [0.3, 0.4) is 0 Å². The minimum absolute atomic E-state index is 0.258. The minimum Gasteiger partial charge on any atom is -0.468 e. The van der Waals surface area contributed by atoms with E-state index in [9.17, 15) is 0 Å². The number of amidine groups is 1. The molecular weight excluding hydrogens is 188 g/mol. The van der Waals surface area contributed by atoms with Crippen molar-refractivity contribution in [1.82, 2.24) is 0 Å². The monoisotopic (exact) mass is 200 g/mol. The topological polar surface area (TPSA) is 71.8 Å². The summed E-state index contributed by atoms with van der Waals surface area (Å²) < 4.78 is 5.12. The summed E-state index contributed by atoms with van der Waals surface area (Å²) in [7, 11) is 0. The van der Waals surface area contributed by atoms with Crippen LogP contribution in [0.1, 0.15) is 12.2 Å². The van der Waals surface area contributed by atoms with Gasteiger partial charge in [0.25, 0.3) is 0 Å². The summed E-state index contributed by atoms with van der Waals surface area (Å²) in [6, 6.07) is 1.91. The van der Waals surface area contributed by atoms with Crippen molar-refractivity contribution < 1.29 is 9.62 Å². The van der Waals surface area contributed by atoms with E-state index in [1.807, 2.05) is 13.0 Å². The standard InChI is InChI=1S/C8H12N2O2S/c1-6-7(2-4-12-6)13-5-3-8(9)10-11/h2,4,11H,3,5H2,1H3,(H2,9,10). The van der Waals surface area contributed by atoms with E-state index in [2.05, 4.69) is 5.16 Å². The fourth-order valence-corrected chi connectivity index (χ4v) is 1.77. The summed E-state index contributed by atoms with van der Waals surface area (Å²) >= 11 is 1.63. The van der Waals surface area contributed by atoms with Crippen LogP contribution in [0.2, 0.25) is 0 Å². The predicted molar refractivity (Wildman–Crippen MR) is 52.2 cm³/mol. The number of hydrogen-bond donors (Lipinski definition) is 2. The van der Waals surface area contributed by atoms with Crippen LogP contribution in [-0.2, 0) is 0 Å². The molecule has 0 saturated carbocycles. The SMILES string of the molecule is Cc1occc1SCC/C(N)=N/O. The van der Waals surface area contributed by atoms with Gasteiger partial charge in [0.2, 0.25) is 0 Å². The molecule has 0 aliphatic carbocycles. The minimum atomic E-state index is 0.258. The van der Waals surface area contributed by atoms with E-state index in [-0.39, 0.29) is 5.84 Å². The van der Waals surface area contributed by atoms with Crippen molar-refractivity contribution in [3.63, 3.8) is 0 Å². The first-order valence-electron chi connectivity index (χ1n) is 3.87. The highest BCUT2D eigenvalue weighted by Crippen LogP contribution is 2.23. The van der Waals surface area contributed by atoms with E-state index in [1.165, 1.54) is 0 Å². The van der Waals surface area contributed by atoms with E-state index in [1.54, 1.807) is 18.0 Å². The third kappa shape index (κ3) is 3.02. The van der Waals surface area contributed by atoms with Crippen LogP contribution < -0.4 is 5.73 Å². The first-order valence-corrected chi connectivity index (χ1v) is 4.86. The molecule has 0 aliphatic heterocycles. The van der Waals surface area contributed by atoms with Crippen LogP contribution in [0.25, 0.3) is 0 Å². The fraction of sp³-hybridized carbons (Fsp3) is 0.375. The van der Waals surface area contributed by atoms with Crippen molar-refractivity contribution in [2.45, 2.75) is 18.2 Å². The first kappa shape index (κ1) is 9.98. The van der Waals surface area contributed by atoms with E-state index in [0.717, 1.165) is 16.4 Å². The average Bonchev–Trinajstić information content (AvgIpc) is 2.52.